The Hall–Kier alpha value is -1.69. The van der Waals surface area contributed by atoms with Crippen LogP contribution < -0.4 is 9.47 Å². The minimum Gasteiger partial charge on any atom is -0.497 e. The average Bonchev–Trinajstić information content (AvgIpc) is 2.96. The normalized spacial score (nSPS) is 10.6. The van der Waals surface area contributed by atoms with Gasteiger partial charge in [0.05, 0.1) is 19.1 Å². The Morgan fingerprint density at radius 1 is 0.913 bits per heavy atom. The van der Waals surface area contributed by atoms with E-state index >= 15 is 0 Å². The zero-order chi connectivity index (χ0) is 16.4. The SMILES string of the molecule is COc1ccc(OC)c(-c2c(-c3ccc(C)cc3)ssc2=S)c1. The fourth-order valence-electron chi connectivity index (χ4n) is 2.39. The van der Waals surface area contributed by atoms with Gasteiger partial charge in [-0.05, 0) is 30.7 Å². The highest BCUT2D eigenvalue weighted by atomic mass is 32.9. The van der Waals surface area contributed by atoms with Crippen LogP contribution in [0.3, 0.4) is 0 Å². The number of methoxy groups -OCH3 is 2. The molecule has 2 nitrogen and oxygen atoms in total. The molecule has 0 aliphatic heterocycles. The van der Waals surface area contributed by atoms with Gasteiger partial charge in [0.1, 0.15) is 15.3 Å². The molecule has 2 aromatic carbocycles. The number of rotatable bonds is 4. The largest absolute Gasteiger partial charge is 0.497 e. The Kier molecular flexibility index (Phi) is 4.80. The second-order valence-electron chi connectivity index (χ2n) is 5.09. The maximum atomic E-state index is 5.60. The lowest BCUT2D eigenvalue weighted by molar-refractivity contribution is 0.404. The number of benzene rings is 2. The van der Waals surface area contributed by atoms with E-state index < -0.39 is 0 Å². The van der Waals surface area contributed by atoms with Crippen molar-refractivity contribution in [3.05, 3.63) is 51.9 Å². The summed E-state index contributed by atoms with van der Waals surface area (Å²) in [7, 11) is 6.66. The Morgan fingerprint density at radius 3 is 2.30 bits per heavy atom. The molecule has 5 heteroatoms. The first-order valence-electron chi connectivity index (χ1n) is 7.06. The third-order valence-corrected chi connectivity index (χ3v) is 6.69. The van der Waals surface area contributed by atoms with E-state index in [1.54, 1.807) is 34.9 Å². The molecule has 0 bridgehead atoms. The van der Waals surface area contributed by atoms with Gasteiger partial charge >= 0.3 is 0 Å². The Bertz CT molecular complexity index is 876. The average molecular weight is 361 g/mol. The van der Waals surface area contributed by atoms with Crippen LogP contribution in [0.4, 0.5) is 0 Å². The number of hydrogen-bond donors (Lipinski definition) is 0. The van der Waals surface area contributed by atoms with Gasteiger partial charge in [0.25, 0.3) is 0 Å². The predicted molar refractivity (Wildman–Crippen MR) is 102 cm³/mol. The quantitative estimate of drug-likeness (QED) is 0.408. The van der Waals surface area contributed by atoms with E-state index in [-0.39, 0.29) is 0 Å². The van der Waals surface area contributed by atoms with Crippen LogP contribution >= 0.6 is 32.9 Å². The van der Waals surface area contributed by atoms with E-state index in [4.69, 9.17) is 21.7 Å². The van der Waals surface area contributed by atoms with Crippen LogP contribution in [0.2, 0.25) is 0 Å². The first kappa shape index (κ1) is 16.2. The van der Waals surface area contributed by atoms with Crippen molar-refractivity contribution in [3.63, 3.8) is 0 Å². The lowest BCUT2D eigenvalue weighted by Gasteiger charge is -2.11. The molecule has 0 aliphatic carbocycles. The summed E-state index contributed by atoms with van der Waals surface area (Å²) < 4.78 is 11.8. The van der Waals surface area contributed by atoms with Gasteiger partial charge in [-0.2, -0.15) is 0 Å². The molecule has 0 saturated heterocycles. The lowest BCUT2D eigenvalue weighted by Crippen LogP contribution is -1.91. The zero-order valence-electron chi connectivity index (χ0n) is 13.1. The highest BCUT2D eigenvalue weighted by Gasteiger charge is 2.17. The molecular weight excluding hydrogens is 344 g/mol. The van der Waals surface area contributed by atoms with Crippen LogP contribution in [-0.4, -0.2) is 14.2 Å². The van der Waals surface area contributed by atoms with Crippen LogP contribution in [0.25, 0.3) is 21.6 Å². The summed E-state index contributed by atoms with van der Waals surface area (Å²) in [5.74, 6) is 1.59. The van der Waals surface area contributed by atoms with Crippen molar-refractivity contribution in [2.75, 3.05) is 14.2 Å². The summed E-state index contributed by atoms with van der Waals surface area (Å²) >= 11 is 5.60. The molecular formula is C18H16O2S3. The second kappa shape index (κ2) is 6.83. The molecule has 118 valence electrons. The molecule has 0 fully saturated rings. The molecule has 1 aromatic heterocycles. The van der Waals surface area contributed by atoms with Gasteiger partial charge in [0.2, 0.25) is 0 Å². The van der Waals surface area contributed by atoms with Crippen molar-refractivity contribution in [2.45, 2.75) is 6.92 Å². The third kappa shape index (κ3) is 3.17. The van der Waals surface area contributed by atoms with Crippen molar-refractivity contribution in [2.24, 2.45) is 0 Å². The summed E-state index contributed by atoms with van der Waals surface area (Å²) in [6.45, 7) is 2.09. The van der Waals surface area contributed by atoms with E-state index in [9.17, 15) is 0 Å². The van der Waals surface area contributed by atoms with Gasteiger partial charge in [0, 0.05) is 11.1 Å². The van der Waals surface area contributed by atoms with Crippen molar-refractivity contribution >= 4 is 32.9 Å². The van der Waals surface area contributed by atoms with Crippen molar-refractivity contribution < 1.29 is 9.47 Å². The number of ether oxygens (including phenoxy) is 2. The van der Waals surface area contributed by atoms with Gasteiger partial charge in [-0.25, -0.2) is 0 Å². The van der Waals surface area contributed by atoms with Crippen molar-refractivity contribution in [3.8, 4) is 33.1 Å². The van der Waals surface area contributed by atoms with Gasteiger partial charge in [-0.1, -0.05) is 62.7 Å². The summed E-state index contributed by atoms with van der Waals surface area (Å²) in [4.78, 5) is 1.17. The molecule has 3 rings (SSSR count). The fourth-order valence-corrected chi connectivity index (χ4v) is 5.29. The molecule has 1 heterocycles. The molecule has 0 spiro atoms. The first-order chi connectivity index (χ1) is 11.1. The Balaban J connectivity index is 2.23. The van der Waals surface area contributed by atoms with E-state index in [2.05, 4.69) is 31.2 Å². The number of hydrogen-bond acceptors (Lipinski definition) is 5. The van der Waals surface area contributed by atoms with Gasteiger partial charge in [-0.3, -0.25) is 0 Å². The lowest BCUT2D eigenvalue weighted by atomic mass is 10.0. The third-order valence-electron chi connectivity index (χ3n) is 3.62. The maximum absolute atomic E-state index is 5.60. The summed E-state index contributed by atoms with van der Waals surface area (Å²) in [5.41, 5.74) is 4.44. The van der Waals surface area contributed by atoms with Crippen LogP contribution in [0, 0.1) is 10.7 Å². The number of aryl methyl sites for hydroxylation is 1. The fraction of sp³-hybridized carbons (Fsp3) is 0.167. The van der Waals surface area contributed by atoms with Crippen LogP contribution in [-0.2, 0) is 0 Å². The first-order valence-corrected chi connectivity index (χ1v) is 9.62. The van der Waals surface area contributed by atoms with E-state index in [0.717, 1.165) is 26.4 Å². The van der Waals surface area contributed by atoms with Gasteiger partial charge in [0.15, 0.2) is 0 Å². The van der Waals surface area contributed by atoms with Crippen LogP contribution in [0.15, 0.2) is 42.5 Å². The minimum atomic E-state index is 0.793. The monoisotopic (exact) mass is 360 g/mol. The molecule has 0 amide bonds. The summed E-state index contributed by atoms with van der Waals surface area (Å²) in [6.07, 6.45) is 0. The van der Waals surface area contributed by atoms with E-state index in [0.29, 0.717) is 0 Å². The van der Waals surface area contributed by atoms with Crippen molar-refractivity contribution in [1.29, 1.82) is 0 Å². The molecule has 23 heavy (non-hydrogen) atoms. The predicted octanol–water partition coefficient (Wildman–Crippen LogP) is 6.20. The second-order valence-corrected chi connectivity index (χ2v) is 7.91. The zero-order valence-corrected chi connectivity index (χ0v) is 15.5. The van der Waals surface area contributed by atoms with Crippen LogP contribution in [0.1, 0.15) is 5.56 Å². The summed E-state index contributed by atoms with van der Waals surface area (Å²) in [6, 6.07) is 14.3. The van der Waals surface area contributed by atoms with Crippen molar-refractivity contribution in [1.82, 2.24) is 0 Å². The highest BCUT2D eigenvalue weighted by molar-refractivity contribution is 7.80. The smallest absolute Gasteiger partial charge is 0.127 e. The highest BCUT2D eigenvalue weighted by Crippen LogP contribution is 2.45. The molecule has 0 unspecified atom stereocenters. The maximum Gasteiger partial charge on any atom is 0.127 e. The Labute approximate surface area is 148 Å². The molecule has 0 radical (unpaired) electrons. The van der Waals surface area contributed by atoms with E-state index in [1.807, 2.05) is 18.2 Å². The molecule has 0 saturated carbocycles. The van der Waals surface area contributed by atoms with Gasteiger partial charge < -0.3 is 9.47 Å². The van der Waals surface area contributed by atoms with Crippen LogP contribution in [0.5, 0.6) is 11.5 Å². The molecule has 0 aliphatic rings. The standard InChI is InChI=1S/C18H16O2S3/c1-11-4-6-12(7-5-11)17-16(18(21)23-22-17)14-10-13(19-2)8-9-15(14)20-3/h4-10H,1-3H3. The summed E-state index contributed by atoms with van der Waals surface area (Å²) in [5, 5.41) is 0. The molecule has 0 N–H and O–H groups in total. The van der Waals surface area contributed by atoms with E-state index in [1.165, 1.54) is 16.0 Å². The molecule has 3 aromatic rings. The topological polar surface area (TPSA) is 18.5 Å². The molecule has 0 atom stereocenters. The minimum absolute atomic E-state index is 0.793. The van der Waals surface area contributed by atoms with Gasteiger partial charge in [-0.15, -0.1) is 0 Å². The Morgan fingerprint density at radius 2 is 1.65 bits per heavy atom.